The number of hydrogen-bond acceptors (Lipinski definition) is 6. The van der Waals surface area contributed by atoms with E-state index in [1.807, 2.05) is 0 Å². The first-order valence-electron chi connectivity index (χ1n) is 5.22. The lowest BCUT2D eigenvalue weighted by molar-refractivity contribution is -0.123. The van der Waals surface area contributed by atoms with Crippen LogP contribution in [0.15, 0.2) is 18.2 Å². The van der Waals surface area contributed by atoms with Crippen molar-refractivity contribution >= 4 is 17.9 Å². The molecule has 1 aromatic rings. The summed E-state index contributed by atoms with van der Waals surface area (Å²) in [6, 6.07) is 3.46. The van der Waals surface area contributed by atoms with Gasteiger partial charge in [0.1, 0.15) is 0 Å². The van der Waals surface area contributed by atoms with Gasteiger partial charge in [-0.25, -0.2) is 9.59 Å². The fourth-order valence-corrected chi connectivity index (χ4v) is 1.41. The van der Waals surface area contributed by atoms with Crippen LogP contribution in [-0.4, -0.2) is 31.3 Å². The Balaban J connectivity index is 1.93. The van der Waals surface area contributed by atoms with Gasteiger partial charge in [-0.05, 0) is 18.2 Å². The zero-order valence-electron chi connectivity index (χ0n) is 9.67. The highest BCUT2D eigenvalue weighted by molar-refractivity contribution is 5.96. The minimum Gasteiger partial charge on any atom is -0.454 e. The number of urea groups is 1. The molecule has 0 bridgehead atoms. The van der Waals surface area contributed by atoms with Crippen molar-refractivity contribution in [1.82, 2.24) is 5.32 Å². The number of imide groups is 1. The average molecular weight is 266 g/mol. The third-order valence-electron chi connectivity index (χ3n) is 2.21. The van der Waals surface area contributed by atoms with E-state index in [2.05, 4.69) is 0 Å². The number of carbonyl (C=O) groups is 3. The van der Waals surface area contributed by atoms with E-state index in [0.717, 1.165) is 0 Å². The van der Waals surface area contributed by atoms with E-state index >= 15 is 0 Å². The zero-order chi connectivity index (χ0) is 13.8. The molecule has 3 N–H and O–H groups in total. The minimum absolute atomic E-state index is 0.0921. The van der Waals surface area contributed by atoms with Gasteiger partial charge in [0.15, 0.2) is 18.1 Å². The third-order valence-corrected chi connectivity index (χ3v) is 2.21. The Morgan fingerprint density at radius 2 is 2.00 bits per heavy atom. The molecule has 19 heavy (non-hydrogen) atoms. The summed E-state index contributed by atoms with van der Waals surface area (Å²) in [5.41, 5.74) is 4.94. The number of primary amides is 1. The highest BCUT2D eigenvalue weighted by Gasteiger charge is 2.17. The number of ether oxygens (including phenoxy) is 3. The quantitative estimate of drug-likeness (QED) is 0.729. The van der Waals surface area contributed by atoms with Crippen molar-refractivity contribution in [3.05, 3.63) is 23.8 Å². The maximum atomic E-state index is 11.6. The number of hydrogen-bond donors (Lipinski definition) is 2. The molecule has 0 aromatic heterocycles. The van der Waals surface area contributed by atoms with Gasteiger partial charge in [0.05, 0.1) is 5.56 Å². The van der Waals surface area contributed by atoms with Crippen LogP contribution in [0.4, 0.5) is 4.79 Å². The first-order valence-corrected chi connectivity index (χ1v) is 5.22. The second-order valence-corrected chi connectivity index (χ2v) is 3.56. The normalized spacial score (nSPS) is 11.8. The highest BCUT2D eigenvalue weighted by atomic mass is 16.7. The van der Waals surface area contributed by atoms with Gasteiger partial charge in [-0.15, -0.1) is 0 Å². The van der Waals surface area contributed by atoms with Crippen molar-refractivity contribution in [2.75, 3.05) is 13.4 Å². The molecule has 0 unspecified atom stereocenters. The van der Waals surface area contributed by atoms with Crippen molar-refractivity contribution < 1.29 is 28.6 Å². The molecule has 3 amide bonds. The molecule has 0 saturated heterocycles. The van der Waals surface area contributed by atoms with Crippen LogP contribution in [0.1, 0.15) is 10.4 Å². The minimum atomic E-state index is -1.01. The van der Waals surface area contributed by atoms with Crippen LogP contribution in [0, 0.1) is 0 Å². The Hall–Kier alpha value is -2.77. The summed E-state index contributed by atoms with van der Waals surface area (Å²) in [6.45, 7) is -0.509. The predicted octanol–water partition coefficient (Wildman–Crippen LogP) is -0.233. The fraction of sp³-hybridized carbons (Fsp3) is 0.182. The first-order chi connectivity index (χ1) is 9.06. The second-order valence-electron chi connectivity index (χ2n) is 3.56. The van der Waals surface area contributed by atoms with Gasteiger partial charge < -0.3 is 19.9 Å². The van der Waals surface area contributed by atoms with Crippen LogP contribution in [-0.2, 0) is 9.53 Å². The molecule has 2 rings (SSSR count). The number of rotatable bonds is 3. The summed E-state index contributed by atoms with van der Waals surface area (Å²) in [7, 11) is 0. The Morgan fingerprint density at radius 3 is 2.74 bits per heavy atom. The van der Waals surface area contributed by atoms with Crippen LogP contribution in [0.3, 0.4) is 0 Å². The number of fused-ring (bicyclic) bond motifs is 1. The number of esters is 1. The molecular weight excluding hydrogens is 256 g/mol. The van der Waals surface area contributed by atoms with E-state index < -0.39 is 24.5 Å². The lowest BCUT2D eigenvalue weighted by atomic mass is 10.2. The summed E-state index contributed by atoms with van der Waals surface area (Å²) in [6.07, 6.45) is 0. The molecule has 1 aliphatic rings. The van der Waals surface area contributed by atoms with E-state index in [-0.39, 0.29) is 12.4 Å². The van der Waals surface area contributed by atoms with Crippen molar-refractivity contribution in [2.24, 2.45) is 5.73 Å². The molecule has 1 aromatic carbocycles. The van der Waals surface area contributed by atoms with Crippen molar-refractivity contribution in [2.45, 2.75) is 0 Å². The molecule has 1 aliphatic heterocycles. The van der Waals surface area contributed by atoms with Crippen LogP contribution in [0.5, 0.6) is 11.5 Å². The maximum absolute atomic E-state index is 11.6. The Morgan fingerprint density at radius 1 is 1.26 bits per heavy atom. The molecule has 0 aliphatic carbocycles. The van der Waals surface area contributed by atoms with E-state index in [0.29, 0.717) is 11.5 Å². The fourth-order valence-electron chi connectivity index (χ4n) is 1.41. The Labute approximate surface area is 107 Å². The number of benzene rings is 1. The third kappa shape index (κ3) is 3.12. The van der Waals surface area contributed by atoms with Gasteiger partial charge >= 0.3 is 12.0 Å². The van der Waals surface area contributed by atoms with Crippen LogP contribution >= 0.6 is 0 Å². The van der Waals surface area contributed by atoms with Gasteiger partial charge in [-0.3, -0.25) is 10.1 Å². The number of nitrogens with one attached hydrogen (secondary N) is 1. The maximum Gasteiger partial charge on any atom is 0.338 e. The monoisotopic (exact) mass is 266 g/mol. The lowest BCUT2D eigenvalue weighted by Crippen LogP contribution is -2.37. The van der Waals surface area contributed by atoms with Gasteiger partial charge in [0, 0.05) is 0 Å². The highest BCUT2D eigenvalue weighted by Crippen LogP contribution is 2.32. The van der Waals surface area contributed by atoms with Gasteiger partial charge in [0.25, 0.3) is 5.91 Å². The summed E-state index contributed by atoms with van der Waals surface area (Å²) in [5.74, 6) is -0.571. The SMILES string of the molecule is NC(=O)NC(=O)COC(=O)c1ccc2c(c1)OCO2. The van der Waals surface area contributed by atoms with E-state index in [1.54, 1.807) is 11.4 Å². The van der Waals surface area contributed by atoms with Crippen molar-refractivity contribution in [1.29, 1.82) is 0 Å². The number of nitrogens with two attached hydrogens (primary N) is 1. The standard InChI is InChI=1S/C11H10N2O6/c12-11(16)13-9(14)4-17-10(15)6-1-2-7-8(3-6)19-5-18-7/h1-3H,4-5H2,(H3,12,13,14,16). The molecule has 8 nitrogen and oxygen atoms in total. The van der Waals surface area contributed by atoms with E-state index in [9.17, 15) is 14.4 Å². The van der Waals surface area contributed by atoms with Crippen molar-refractivity contribution in [3.8, 4) is 11.5 Å². The van der Waals surface area contributed by atoms with Gasteiger partial charge in [-0.2, -0.15) is 0 Å². The molecule has 0 fully saturated rings. The average Bonchev–Trinajstić information content (AvgIpc) is 2.82. The van der Waals surface area contributed by atoms with Crippen LogP contribution in [0.25, 0.3) is 0 Å². The van der Waals surface area contributed by atoms with Crippen LogP contribution in [0.2, 0.25) is 0 Å². The smallest absolute Gasteiger partial charge is 0.338 e. The molecule has 0 atom stereocenters. The lowest BCUT2D eigenvalue weighted by Gasteiger charge is -2.05. The van der Waals surface area contributed by atoms with Gasteiger partial charge in [0.2, 0.25) is 6.79 Å². The van der Waals surface area contributed by atoms with E-state index in [4.69, 9.17) is 19.9 Å². The summed E-state index contributed by atoms with van der Waals surface area (Å²) in [5, 5.41) is 1.77. The predicted molar refractivity (Wildman–Crippen MR) is 60.6 cm³/mol. The summed E-state index contributed by atoms with van der Waals surface area (Å²) in [4.78, 5) is 33.0. The summed E-state index contributed by atoms with van der Waals surface area (Å²) < 4.78 is 14.9. The first kappa shape index (κ1) is 12.7. The molecule has 100 valence electrons. The van der Waals surface area contributed by atoms with Gasteiger partial charge in [-0.1, -0.05) is 0 Å². The summed E-state index contributed by atoms with van der Waals surface area (Å²) >= 11 is 0. The molecule has 8 heteroatoms. The number of carbonyl (C=O) groups excluding carboxylic acids is 3. The Kier molecular flexibility index (Phi) is 3.51. The largest absolute Gasteiger partial charge is 0.454 e. The zero-order valence-corrected chi connectivity index (χ0v) is 9.67. The molecule has 0 saturated carbocycles. The molecule has 1 heterocycles. The second kappa shape index (κ2) is 5.25. The Bertz CT molecular complexity index is 542. The van der Waals surface area contributed by atoms with Crippen LogP contribution < -0.4 is 20.5 Å². The number of amides is 3. The molecule has 0 radical (unpaired) electrons. The molecule has 0 spiro atoms. The molecular formula is C11H10N2O6. The topological polar surface area (TPSA) is 117 Å². The van der Waals surface area contributed by atoms with E-state index in [1.165, 1.54) is 12.1 Å². The van der Waals surface area contributed by atoms with Crippen molar-refractivity contribution in [3.63, 3.8) is 0 Å².